The number of ether oxygens (including phenoxy) is 1. The number of nitrogens with zero attached hydrogens (tertiary/aromatic N) is 1. The fraction of sp³-hybridized carbons (Fsp3) is 0.769. The van der Waals surface area contributed by atoms with Gasteiger partial charge in [0.15, 0.2) is 0 Å². The van der Waals surface area contributed by atoms with Gasteiger partial charge in [0.25, 0.3) is 0 Å². The van der Waals surface area contributed by atoms with Crippen molar-refractivity contribution in [3.63, 3.8) is 0 Å². The lowest BCUT2D eigenvalue weighted by Crippen LogP contribution is -2.41. The molecule has 0 aromatic carbocycles. The molecule has 1 amide bonds. The zero-order chi connectivity index (χ0) is 12.8. The van der Waals surface area contributed by atoms with Crippen LogP contribution in [-0.2, 0) is 4.74 Å². The largest absolute Gasteiger partial charge is 0.444 e. The van der Waals surface area contributed by atoms with E-state index in [9.17, 15) is 4.79 Å². The van der Waals surface area contributed by atoms with Crippen molar-refractivity contribution in [1.82, 2.24) is 4.90 Å². The second-order valence-electron chi connectivity index (χ2n) is 5.97. The van der Waals surface area contributed by atoms with E-state index in [0.717, 1.165) is 18.4 Å². The Morgan fingerprint density at radius 3 is 2.65 bits per heavy atom. The molecule has 0 aliphatic carbocycles. The van der Waals surface area contributed by atoms with Crippen LogP contribution in [0.2, 0.25) is 0 Å². The van der Waals surface area contributed by atoms with Crippen LogP contribution in [0.5, 0.6) is 0 Å². The maximum absolute atomic E-state index is 12.2. The molecule has 2 N–H and O–H groups in total. The van der Waals surface area contributed by atoms with Crippen LogP contribution in [0, 0.1) is 5.92 Å². The maximum Gasteiger partial charge on any atom is 0.411 e. The Kier molecular flexibility index (Phi) is 2.94. The molecule has 2 aliphatic heterocycles. The van der Waals surface area contributed by atoms with Gasteiger partial charge in [-0.15, -0.1) is 0 Å². The van der Waals surface area contributed by atoms with Crippen molar-refractivity contribution >= 4 is 6.09 Å². The summed E-state index contributed by atoms with van der Waals surface area (Å²) in [6.45, 7) is 10.3. The van der Waals surface area contributed by atoms with Gasteiger partial charge in [-0.1, -0.05) is 6.58 Å². The Balaban J connectivity index is 2.13. The summed E-state index contributed by atoms with van der Waals surface area (Å²) in [4.78, 5) is 14.0. The highest BCUT2D eigenvalue weighted by molar-refractivity contribution is 5.71. The molecule has 0 unspecified atom stereocenters. The van der Waals surface area contributed by atoms with E-state index in [4.69, 9.17) is 10.5 Å². The molecular weight excluding hydrogens is 216 g/mol. The lowest BCUT2D eigenvalue weighted by molar-refractivity contribution is 0.0210. The van der Waals surface area contributed by atoms with Gasteiger partial charge in [0.1, 0.15) is 5.60 Å². The molecule has 2 rings (SSSR count). The maximum atomic E-state index is 12.2. The molecule has 0 aromatic rings. The summed E-state index contributed by atoms with van der Waals surface area (Å²) in [5, 5.41) is 0. The van der Waals surface area contributed by atoms with Crippen LogP contribution in [0.4, 0.5) is 4.79 Å². The molecule has 4 nitrogen and oxygen atoms in total. The second-order valence-corrected chi connectivity index (χ2v) is 5.97. The number of carbonyl (C=O) groups is 1. The number of nitrogens with two attached hydrogens (primary N) is 1. The van der Waals surface area contributed by atoms with Crippen LogP contribution in [0.15, 0.2) is 12.2 Å². The lowest BCUT2D eigenvalue weighted by Gasteiger charge is -2.27. The highest BCUT2D eigenvalue weighted by Crippen LogP contribution is 2.44. The van der Waals surface area contributed by atoms with Crippen molar-refractivity contribution in [2.24, 2.45) is 11.7 Å². The Bertz CT molecular complexity index is 346. The van der Waals surface area contributed by atoms with Crippen molar-refractivity contribution in [2.75, 3.05) is 6.54 Å². The number of rotatable bonds is 1. The van der Waals surface area contributed by atoms with E-state index in [1.54, 1.807) is 0 Å². The number of fused-ring (bicyclic) bond motifs is 2. The van der Waals surface area contributed by atoms with Gasteiger partial charge < -0.3 is 10.5 Å². The minimum Gasteiger partial charge on any atom is -0.444 e. The van der Waals surface area contributed by atoms with Gasteiger partial charge in [-0.25, -0.2) is 4.79 Å². The molecule has 2 heterocycles. The first-order valence-electron chi connectivity index (χ1n) is 6.25. The van der Waals surface area contributed by atoms with E-state index in [2.05, 4.69) is 6.58 Å². The monoisotopic (exact) mass is 238 g/mol. The van der Waals surface area contributed by atoms with Crippen molar-refractivity contribution in [3.8, 4) is 0 Å². The zero-order valence-electron chi connectivity index (χ0n) is 10.9. The summed E-state index contributed by atoms with van der Waals surface area (Å²) in [7, 11) is 0. The molecular formula is C13H22N2O2. The Morgan fingerprint density at radius 2 is 2.18 bits per heavy atom. The third-order valence-electron chi connectivity index (χ3n) is 3.66. The summed E-state index contributed by atoms with van der Waals surface area (Å²) in [5.74, 6) is 0.251. The standard InChI is InChI=1S/C13H22N2O2/c1-8-9(7-14)11-6-5-10(8)15(11)12(16)17-13(2,3)4/h9-11H,1,5-7,14H2,2-4H3/t9-,10+,11-/m0/s1. The van der Waals surface area contributed by atoms with Crippen LogP contribution in [0.1, 0.15) is 33.6 Å². The van der Waals surface area contributed by atoms with Crippen molar-refractivity contribution in [1.29, 1.82) is 0 Å². The van der Waals surface area contributed by atoms with Crippen molar-refractivity contribution in [3.05, 3.63) is 12.2 Å². The average Bonchev–Trinajstić information content (AvgIpc) is 2.70. The van der Waals surface area contributed by atoms with Crippen molar-refractivity contribution in [2.45, 2.75) is 51.3 Å². The number of carbonyl (C=O) groups excluding carboxylic acids is 1. The first-order valence-corrected chi connectivity index (χ1v) is 6.25. The van der Waals surface area contributed by atoms with Gasteiger partial charge >= 0.3 is 6.09 Å². The molecule has 4 heteroatoms. The summed E-state index contributed by atoms with van der Waals surface area (Å²) < 4.78 is 5.45. The molecule has 2 bridgehead atoms. The first kappa shape index (κ1) is 12.4. The van der Waals surface area contributed by atoms with Crippen LogP contribution in [-0.4, -0.2) is 35.2 Å². The Hall–Kier alpha value is -1.03. The Labute approximate surface area is 103 Å². The van der Waals surface area contributed by atoms with E-state index < -0.39 is 5.60 Å². The van der Waals surface area contributed by atoms with Crippen LogP contribution in [0.25, 0.3) is 0 Å². The fourth-order valence-electron chi connectivity index (χ4n) is 2.98. The fourth-order valence-corrected chi connectivity index (χ4v) is 2.98. The number of amides is 1. The summed E-state index contributed by atoms with van der Waals surface area (Å²) in [6.07, 6.45) is 1.80. The summed E-state index contributed by atoms with van der Waals surface area (Å²) in [6, 6.07) is 0.343. The van der Waals surface area contributed by atoms with E-state index in [1.165, 1.54) is 0 Å². The van der Waals surface area contributed by atoms with Crippen LogP contribution in [0.3, 0.4) is 0 Å². The molecule has 2 saturated heterocycles. The van der Waals surface area contributed by atoms with E-state index in [-0.39, 0.29) is 24.1 Å². The minimum atomic E-state index is -0.446. The quantitative estimate of drug-likeness (QED) is 0.710. The predicted molar refractivity (Wildman–Crippen MR) is 66.6 cm³/mol. The number of hydrogen-bond donors (Lipinski definition) is 1. The smallest absolute Gasteiger partial charge is 0.411 e. The van der Waals surface area contributed by atoms with E-state index in [1.807, 2.05) is 25.7 Å². The molecule has 0 aromatic heterocycles. The molecule has 0 radical (unpaired) electrons. The SMILES string of the molecule is C=C1[C@H]2CC[C@@H]([C@H]1CN)N2C(=O)OC(C)(C)C. The highest BCUT2D eigenvalue weighted by Gasteiger charge is 2.51. The van der Waals surface area contributed by atoms with Gasteiger partial charge in [-0.05, 0) is 39.2 Å². The normalized spacial score (nSPS) is 32.1. The third-order valence-corrected chi connectivity index (χ3v) is 3.66. The molecule has 17 heavy (non-hydrogen) atoms. The summed E-state index contributed by atoms with van der Waals surface area (Å²) in [5.41, 5.74) is 6.42. The first-order chi connectivity index (χ1) is 7.85. The molecule has 96 valence electrons. The lowest BCUT2D eigenvalue weighted by atomic mass is 9.85. The molecule has 2 aliphatic rings. The third kappa shape index (κ3) is 2.06. The highest BCUT2D eigenvalue weighted by atomic mass is 16.6. The predicted octanol–water partition coefficient (Wildman–Crippen LogP) is 1.90. The van der Waals surface area contributed by atoms with E-state index in [0.29, 0.717) is 6.54 Å². The number of hydrogen-bond acceptors (Lipinski definition) is 3. The van der Waals surface area contributed by atoms with Gasteiger partial charge in [-0.2, -0.15) is 0 Å². The van der Waals surface area contributed by atoms with Gasteiger partial charge in [-0.3, -0.25) is 4.90 Å². The van der Waals surface area contributed by atoms with E-state index >= 15 is 0 Å². The molecule has 0 spiro atoms. The van der Waals surface area contributed by atoms with Crippen LogP contribution >= 0.6 is 0 Å². The zero-order valence-corrected chi connectivity index (χ0v) is 10.9. The van der Waals surface area contributed by atoms with Gasteiger partial charge in [0.2, 0.25) is 0 Å². The van der Waals surface area contributed by atoms with Crippen LogP contribution < -0.4 is 5.73 Å². The molecule has 0 saturated carbocycles. The van der Waals surface area contributed by atoms with Gasteiger partial charge in [0, 0.05) is 18.5 Å². The molecule has 2 fully saturated rings. The topological polar surface area (TPSA) is 55.6 Å². The van der Waals surface area contributed by atoms with Crippen molar-refractivity contribution < 1.29 is 9.53 Å². The summed E-state index contributed by atoms with van der Waals surface area (Å²) >= 11 is 0. The second kappa shape index (κ2) is 4.02. The Morgan fingerprint density at radius 1 is 1.53 bits per heavy atom. The minimum absolute atomic E-state index is 0.142. The van der Waals surface area contributed by atoms with Gasteiger partial charge in [0.05, 0.1) is 6.04 Å². The molecule has 3 atom stereocenters. The average molecular weight is 238 g/mol.